The molecule has 1 saturated carbocycles. The highest BCUT2D eigenvalue weighted by molar-refractivity contribution is 5.99. The number of carbonyl (C=O) groups is 2. The third-order valence-corrected chi connectivity index (χ3v) is 8.27. The van der Waals surface area contributed by atoms with E-state index in [0.717, 1.165) is 70.5 Å². The van der Waals surface area contributed by atoms with Crippen LogP contribution in [-0.4, -0.2) is 83.1 Å². The summed E-state index contributed by atoms with van der Waals surface area (Å²) in [5, 5.41) is 1.21. The van der Waals surface area contributed by atoms with Gasteiger partial charge in [0, 0.05) is 101 Å². The molecule has 3 aliphatic rings. The predicted molar refractivity (Wildman–Crippen MR) is 137 cm³/mol. The number of benzene rings is 1. The molecule has 0 bridgehead atoms. The number of nitrogens with zero attached hydrogens (tertiary/aromatic N) is 4. The molecule has 7 heteroatoms. The van der Waals surface area contributed by atoms with Crippen LogP contribution in [0, 0.1) is 0 Å². The van der Waals surface area contributed by atoms with Crippen LogP contribution in [0.15, 0.2) is 18.2 Å². The van der Waals surface area contributed by atoms with Crippen molar-refractivity contribution in [3.63, 3.8) is 0 Å². The van der Waals surface area contributed by atoms with Crippen molar-refractivity contribution < 1.29 is 14.3 Å². The number of amides is 2. The van der Waals surface area contributed by atoms with Crippen molar-refractivity contribution in [2.45, 2.75) is 70.5 Å². The lowest BCUT2D eigenvalue weighted by Crippen LogP contribution is -2.42. The average molecular weight is 481 g/mol. The number of aryl methyl sites for hydroxylation is 1. The van der Waals surface area contributed by atoms with E-state index in [2.05, 4.69) is 28.6 Å². The normalized spacial score (nSPS) is 19.1. The van der Waals surface area contributed by atoms with Crippen molar-refractivity contribution in [2.75, 3.05) is 39.9 Å². The molecule has 5 rings (SSSR count). The van der Waals surface area contributed by atoms with E-state index >= 15 is 0 Å². The highest BCUT2D eigenvalue weighted by Crippen LogP contribution is 2.33. The Balaban J connectivity index is 1.26. The van der Waals surface area contributed by atoms with E-state index in [1.807, 2.05) is 24.9 Å². The van der Waals surface area contributed by atoms with Crippen molar-refractivity contribution in [3.8, 4) is 0 Å². The molecule has 35 heavy (non-hydrogen) atoms. The molecule has 0 radical (unpaired) electrons. The highest BCUT2D eigenvalue weighted by Gasteiger charge is 2.31. The summed E-state index contributed by atoms with van der Waals surface area (Å²) in [7, 11) is 4.00. The molecule has 1 saturated heterocycles. The maximum absolute atomic E-state index is 13.3. The Morgan fingerprint density at radius 1 is 1.14 bits per heavy atom. The van der Waals surface area contributed by atoms with Crippen LogP contribution < -0.4 is 0 Å². The van der Waals surface area contributed by atoms with Gasteiger partial charge < -0.3 is 19.1 Å². The van der Waals surface area contributed by atoms with Crippen LogP contribution in [0.4, 0.5) is 0 Å². The first-order chi connectivity index (χ1) is 17.0. The number of carbonyl (C=O) groups excluding carboxylic acids is 2. The summed E-state index contributed by atoms with van der Waals surface area (Å²) in [6.45, 7) is 7.18. The molecule has 190 valence electrons. The zero-order valence-electron chi connectivity index (χ0n) is 21.6. The summed E-state index contributed by atoms with van der Waals surface area (Å²) >= 11 is 0. The Kier molecular flexibility index (Phi) is 7.17. The molecule has 1 aliphatic carbocycles. The number of rotatable bonds is 8. The lowest BCUT2D eigenvalue weighted by Gasteiger charge is -2.37. The highest BCUT2D eigenvalue weighted by atomic mass is 16.5. The second kappa shape index (κ2) is 10.3. The first-order valence-electron chi connectivity index (χ1n) is 13.4. The van der Waals surface area contributed by atoms with Gasteiger partial charge in [-0.3, -0.25) is 14.5 Å². The minimum Gasteiger partial charge on any atom is -0.381 e. The molecule has 1 aromatic carbocycles. The lowest BCUT2D eigenvalue weighted by atomic mass is 9.99. The van der Waals surface area contributed by atoms with Crippen LogP contribution in [0.2, 0.25) is 0 Å². The molecule has 7 nitrogen and oxygen atoms in total. The average Bonchev–Trinajstić information content (AvgIpc) is 3.69. The van der Waals surface area contributed by atoms with E-state index in [1.54, 1.807) is 4.90 Å². The van der Waals surface area contributed by atoms with Gasteiger partial charge in [-0.05, 0) is 62.8 Å². The summed E-state index contributed by atoms with van der Waals surface area (Å²) in [5.74, 6) is 0.255. The van der Waals surface area contributed by atoms with E-state index < -0.39 is 0 Å². The number of hydrogen-bond acceptors (Lipinski definition) is 4. The van der Waals surface area contributed by atoms with E-state index in [4.69, 9.17) is 4.74 Å². The minimum absolute atomic E-state index is 0.0311. The molecule has 0 N–H and O–H groups in total. The van der Waals surface area contributed by atoms with E-state index in [1.165, 1.54) is 22.2 Å². The summed E-state index contributed by atoms with van der Waals surface area (Å²) in [6.07, 6.45) is 6.74. The predicted octanol–water partition coefficient (Wildman–Crippen LogP) is 3.58. The van der Waals surface area contributed by atoms with Gasteiger partial charge in [0.2, 0.25) is 5.91 Å². The third-order valence-electron chi connectivity index (χ3n) is 8.27. The molecular weight excluding hydrogens is 440 g/mol. The lowest BCUT2D eigenvalue weighted by molar-refractivity contribution is -0.131. The van der Waals surface area contributed by atoms with Crippen molar-refractivity contribution in [3.05, 3.63) is 35.0 Å². The van der Waals surface area contributed by atoms with Gasteiger partial charge in [-0.15, -0.1) is 0 Å². The van der Waals surface area contributed by atoms with E-state index in [0.29, 0.717) is 31.5 Å². The van der Waals surface area contributed by atoms with Crippen molar-refractivity contribution in [1.82, 2.24) is 19.3 Å². The molecule has 1 aromatic heterocycles. The summed E-state index contributed by atoms with van der Waals surface area (Å²) in [4.78, 5) is 32.2. The van der Waals surface area contributed by atoms with E-state index in [9.17, 15) is 9.59 Å². The second-order valence-electron chi connectivity index (χ2n) is 10.5. The Hall–Kier alpha value is -2.38. The van der Waals surface area contributed by atoms with Gasteiger partial charge >= 0.3 is 0 Å². The van der Waals surface area contributed by atoms with Crippen LogP contribution >= 0.6 is 0 Å². The largest absolute Gasteiger partial charge is 0.381 e. The Labute approximate surface area is 209 Å². The first-order valence-corrected chi connectivity index (χ1v) is 13.4. The van der Waals surface area contributed by atoms with Gasteiger partial charge in [-0.25, -0.2) is 0 Å². The Bertz CT molecular complexity index is 1080. The van der Waals surface area contributed by atoms with E-state index in [-0.39, 0.29) is 11.8 Å². The molecule has 0 atom stereocenters. The molecule has 2 amide bonds. The van der Waals surface area contributed by atoms with Crippen molar-refractivity contribution in [1.29, 1.82) is 0 Å². The van der Waals surface area contributed by atoms with Crippen molar-refractivity contribution >= 4 is 22.7 Å². The molecule has 0 spiro atoms. The molecule has 2 fully saturated rings. The monoisotopic (exact) mass is 480 g/mol. The van der Waals surface area contributed by atoms with Gasteiger partial charge in [-0.2, -0.15) is 0 Å². The number of hydrogen-bond donors (Lipinski definition) is 0. The SMILES string of the molecule is CCN(C(=O)CCCN(C)C(=O)c1ccc2c(c1)c1c(n2C)CCN(C2CCOCC2)C1)C1CC1. The van der Waals surface area contributed by atoms with Gasteiger partial charge in [-0.1, -0.05) is 0 Å². The quantitative estimate of drug-likeness (QED) is 0.580. The van der Waals surface area contributed by atoms with Crippen LogP contribution in [0.1, 0.15) is 67.1 Å². The zero-order valence-corrected chi connectivity index (χ0v) is 21.6. The number of ether oxygens (including phenoxy) is 1. The first kappa shape index (κ1) is 24.3. The van der Waals surface area contributed by atoms with Gasteiger partial charge in [0.1, 0.15) is 0 Å². The summed E-state index contributed by atoms with van der Waals surface area (Å²) in [5.41, 5.74) is 4.71. The second-order valence-corrected chi connectivity index (χ2v) is 10.5. The maximum Gasteiger partial charge on any atom is 0.253 e. The smallest absolute Gasteiger partial charge is 0.253 e. The van der Waals surface area contributed by atoms with Gasteiger partial charge in [0.15, 0.2) is 0 Å². The van der Waals surface area contributed by atoms with Crippen LogP contribution in [-0.2, 0) is 29.5 Å². The topological polar surface area (TPSA) is 58.0 Å². The Morgan fingerprint density at radius 2 is 1.91 bits per heavy atom. The zero-order chi connectivity index (χ0) is 24.5. The molecule has 2 aliphatic heterocycles. The fraction of sp³-hybridized carbons (Fsp3) is 0.643. The fourth-order valence-electron chi connectivity index (χ4n) is 6.05. The van der Waals surface area contributed by atoms with Crippen LogP contribution in [0.5, 0.6) is 0 Å². The number of aromatic nitrogens is 1. The standard InChI is InChI=1S/C28H40N4O3/c1-4-32(22-8-9-22)27(33)6-5-14-29(2)28(34)20-7-10-25-23(18-20)24-19-31(15-11-26(24)30(25)3)21-12-16-35-17-13-21/h7,10,18,21-22H,4-6,8-9,11-17,19H2,1-3H3. The molecular formula is C28H40N4O3. The maximum atomic E-state index is 13.3. The molecule has 0 unspecified atom stereocenters. The molecule has 2 aromatic rings. The minimum atomic E-state index is 0.0311. The molecule has 3 heterocycles. The Morgan fingerprint density at radius 3 is 2.63 bits per heavy atom. The van der Waals surface area contributed by atoms with Crippen LogP contribution in [0.3, 0.4) is 0 Å². The number of fused-ring (bicyclic) bond motifs is 3. The van der Waals surface area contributed by atoms with Gasteiger partial charge in [0.05, 0.1) is 0 Å². The summed E-state index contributed by atoms with van der Waals surface area (Å²) in [6, 6.07) is 7.20. The fourth-order valence-corrected chi connectivity index (χ4v) is 6.05. The van der Waals surface area contributed by atoms with Crippen molar-refractivity contribution in [2.24, 2.45) is 7.05 Å². The summed E-state index contributed by atoms with van der Waals surface area (Å²) < 4.78 is 7.89. The van der Waals surface area contributed by atoms with Crippen LogP contribution in [0.25, 0.3) is 10.9 Å². The van der Waals surface area contributed by atoms with Gasteiger partial charge in [0.25, 0.3) is 5.91 Å². The third kappa shape index (κ3) is 4.98.